The van der Waals surface area contributed by atoms with E-state index in [1.807, 2.05) is 12.4 Å². The molecule has 0 saturated carbocycles. The van der Waals surface area contributed by atoms with Crippen molar-refractivity contribution >= 4 is 5.95 Å². The van der Waals surface area contributed by atoms with Crippen LogP contribution in [0.25, 0.3) is 0 Å². The molecule has 0 aliphatic carbocycles. The van der Waals surface area contributed by atoms with E-state index < -0.39 is 0 Å². The number of imidazole rings is 1. The summed E-state index contributed by atoms with van der Waals surface area (Å²) in [4.78, 5) is 6.58. The summed E-state index contributed by atoms with van der Waals surface area (Å²) in [5, 5.41) is 3.32. The molecule has 0 saturated heterocycles. The van der Waals surface area contributed by atoms with Gasteiger partial charge >= 0.3 is 0 Å². The monoisotopic (exact) mass is 254 g/mol. The van der Waals surface area contributed by atoms with Crippen LogP contribution < -0.4 is 5.32 Å². The molecule has 5 heteroatoms. The Bertz CT molecular complexity index is 327. The predicted molar refractivity (Wildman–Crippen MR) is 75.0 cm³/mol. The number of hydrogen-bond donors (Lipinski definition) is 1. The van der Waals surface area contributed by atoms with Crippen molar-refractivity contribution in [2.45, 2.75) is 32.9 Å². The van der Waals surface area contributed by atoms with Gasteiger partial charge in [0.05, 0.1) is 12.6 Å². The van der Waals surface area contributed by atoms with Gasteiger partial charge in [0.1, 0.15) is 0 Å². The molecular weight excluding hydrogens is 228 g/mol. The third-order valence-corrected chi connectivity index (χ3v) is 3.04. The molecule has 5 nitrogen and oxygen atoms in total. The molecule has 0 aliphatic rings. The van der Waals surface area contributed by atoms with E-state index in [-0.39, 0.29) is 6.10 Å². The minimum Gasteiger partial charge on any atom is -0.378 e. The van der Waals surface area contributed by atoms with E-state index in [9.17, 15) is 0 Å². The van der Waals surface area contributed by atoms with Crippen molar-refractivity contribution in [2.24, 2.45) is 0 Å². The van der Waals surface area contributed by atoms with Gasteiger partial charge in [0.25, 0.3) is 0 Å². The third kappa shape index (κ3) is 4.66. The van der Waals surface area contributed by atoms with Gasteiger partial charge in [-0.1, -0.05) is 13.8 Å². The van der Waals surface area contributed by atoms with Crippen LogP contribution in [0.3, 0.4) is 0 Å². The molecule has 0 amide bonds. The zero-order chi connectivity index (χ0) is 13.4. The molecular formula is C13H26N4O. The fourth-order valence-electron chi connectivity index (χ4n) is 1.76. The average Bonchev–Trinajstić information content (AvgIpc) is 2.82. The van der Waals surface area contributed by atoms with E-state index in [4.69, 9.17) is 4.74 Å². The highest BCUT2D eigenvalue weighted by molar-refractivity contribution is 5.25. The van der Waals surface area contributed by atoms with Gasteiger partial charge in [-0.15, -0.1) is 0 Å². The SMILES string of the molecule is CCCNc1nccn1CC(CN(C)CC)OC. The molecule has 1 aromatic rings. The normalized spacial score (nSPS) is 12.9. The Hall–Kier alpha value is -1.07. The molecule has 0 aromatic carbocycles. The molecule has 1 rings (SSSR count). The van der Waals surface area contributed by atoms with Gasteiger partial charge in [-0.25, -0.2) is 4.98 Å². The Balaban J connectivity index is 2.55. The van der Waals surface area contributed by atoms with Crippen LogP contribution in [-0.4, -0.2) is 54.3 Å². The van der Waals surface area contributed by atoms with Crippen molar-refractivity contribution < 1.29 is 4.74 Å². The van der Waals surface area contributed by atoms with E-state index in [2.05, 4.69) is 40.7 Å². The van der Waals surface area contributed by atoms with E-state index in [0.29, 0.717) is 0 Å². The number of aromatic nitrogens is 2. The van der Waals surface area contributed by atoms with Crippen molar-refractivity contribution in [1.29, 1.82) is 0 Å². The van der Waals surface area contributed by atoms with Crippen molar-refractivity contribution in [3.63, 3.8) is 0 Å². The minimum absolute atomic E-state index is 0.186. The molecule has 18 heavy (non-hydrogen) atoms. The number of anilines is 1. The maximum atomic E-state index is 5.54. The lowest BCUT2D eigenvalue weighted by atomic mass is 10.3. The summed E-state index contributed by atoms with van der Waals surface area (Å²) in [7, 11) is 3.88. The second-order valence-corrected chi connectivity index (χ2v) is 4.54. The maximum Gasteiger partial charge on any atom is 0.202 e. The van der Waals surface area contributed by atoms with Crippen LogP contribution >= 0.6 is 0 Å². The second-order valence-electron chi connectivity index (χ2n) is 4.54. The zero-order valence-corrected chi connectivity index (χ0v) is 12.0. The molecule has 0 radical (unpaired) electrons. The Labute approximate surface area is 110 Å². The number of likely N-dealkylation sites (N-methyl/N-ethyl adjacent to an activating group) is 1. The first-order valence-electron chi connectivity index (χ1n) is 6.67. The van der Waals surface area contributed by atoms with Crippen molar-refractivity contribution in [2.75, 3.05) is 39.1 Å². The smallest absolute Gasteiger partial charge is 0.202 e. The lowest BCUT2D eigenvalue weighted by Crippen LogP contribution is -2.33. The summed E-state index contributed by atoms with van der Waals surface area (Å²) >= 11 is 0. The highest BCUT2D eigenvalue weighted by Crippen LogP contribution is 2.07. The largest absolute Gasteiger partial charge is 0.378 e. The van der Waals surface area contributed by atoms with Crippen LogP contribution in [0.4, 0.5) is 5.95 Å². The molecule has 104 valence electrons. The lowest BCUT2D eigenvalue weighted by Gasteiger charge is -2.23. The molecule has 1 aromatic heterocycles. The van der Waals surface area contributed by atoms with Crippen LogP contribution in [0.1, 0.15) is 20.3 Å². The summed E-state index contributed by atoms with van der Waals surface area (Å²) in [6, 6.07) is 0. The third-order valence-electron chi connectivity index (χ3n) is 3.04. The van der Waals surface area contributed by atoms with Gasteiger partial charge in [0, 0.05) is 32.6 Å². The predicted octanol–water partition coefficient (Wildman–Crippen LogP) is 1.67. The summed E-state index contributed by atoms with van der Waals surface area (Å²) in [5.41, 5.74) is 0. The summed E-state index contributed by atoms with van der Waals surface area (Å²) in [6.45, 7) is 8.03. The number of nitrogens with zero attached hydrogens (tertiary/aromatic N) is 3. The quantitative estimate of drug-likeness (QED) is 0.728. The van der Waals surface area contributed by atoms with Crippen molar-refractivity contribution in [3.05, 3.63) is 12.4 Å². The summed E-state index contributed by atoms with van der Waals surface area (Å²) in [6.07, 6.45) is 5.11. The number of ether oxygens (including phenoxy) is 1. The van der Waals surface area contributed by atoms with Gasteiger partial charge in [0.15, 0.2) is 0 Å². The highest BCUT2D eigenvalue weighted by atomic mass is 16.5. The molecule has 0 fully saturated rings. The van der Waals surface area contributed by atoms with Crippen LogP contribution in [0, 0.1) is 0 Å². The van der Waals surface area contributed by atoms with Crippen LogP contribution in [0.5, 0.6) is 0 Å². The first-order chi connectivity index (χ1) is 8.71. The molecule has 1 N–H and O–H groups in total. The number of rotatable bonds is 9. The first-order valence-corrected chi connectivity index (χ1v) is 6.67. The van der Waals surface area contributed by atoms with Crippen LogP contribution in [0.15, 0.2) is 12.4 Å². The standard InChI is InChI=1S/C13H26N4O/c1-5-7-14-13-15-8-9-17(13)11-12(18-4)10-16(3)6-2/h8-9,12H,5-7,10-11H2,1-4H3,(H,14,15). The van der Waals surface area contributed by atoms with E-state index in [1.165, 1.54) is 0 Å². The highest BCUT2D eigenvalue weighted by Gasteiger charge is 2.12. The molecule has 1 atom stereocenters. The number of nitrogens with one attached hydrogen (secondary N) is 1. The Kier molecular flexibility index (Phi) is 6.75. The molecule has 0 aliphatic heterocycles. The summed E-state index contributed by atoms with van der Waals surface area (Å²) < 4.78 is 7.66. The minimum atomic E-state index is 0.186. The molecule has 1 unspecified atom stereocenters. The van der Waals surface area contributed by atoms with E-state index >= 15 is 0 Å². The molecule has 0 bridgehead atoms. The van der Waals surface area contributed by atoms with Crippen LogP contribution in [0.2, 0.25) is 0 Å². The number of hydrogen-bond acceptors (Lipinski definition) is 4. The first kappa shape index (κ1) is 15.0. The van der Waals surface area contributed by atoms with Gasteiger partial charge in [-0.05, 0) is 20.0 Å². The van der Waals surface area contributed by atoms with Crippen LogP contribution in [-0.2, 0) is 11.3 Å². The van der Waals surface area contributed by atoms with Gasteiger partial charge in [-0.3, -0.25) is 0 Å². The summed E-state index contributed by atoms with van der Waals surface area (Å²) in [5.74, 6) is 0.929. The Morgan fingerprint density at radius 3 is 2.89 bits per heavy atom. The topological polar surface area (TPSA) is 42.3 Å². The van der Waals surface area contributed by atoms with E-state index in [0.717, 1.165) is 38.5 Å². The van der Waals surface area contributed by atoms with E-state index in [1.54, 1.807) is 7.11 Å². The van der Waals surface area contributed by atoms with Gasteiger partial charge < -0.3 is 19.5 Å². The second kappa shape index (κ2) is 8.11. The number of methoxy groups -OCH3 is 1. The maximum absolute atomic E-state index is 5.54. The van der Waals surface area contributed by atoms with Crippen molar-refractivity contribution in [3.8, 4) is 0 Å². The Morgan fingerprint density at radius 2 is 2.28 bits per heavy atom. The zero-order valence-electron chi connectivity index (χ0n) is 12.0. The van der Waals surface area contributed by atoms with Gasteiger partial charge in [0.2, 0.25) is 5.95 Å². The Morgan fingerprint density at radius 1 is 1.50 bits per heavy atom. The average molecular weight is 254 g/mol. The fourth-order valence-corrected chi connectivity index (χ4v) is 1.76. The molecule has 0 spiro atoms. The van der Waals surface area contributed by atoms with Crippen molar-refractivity contribution in [1.82, 2.24) is 14.5 Å². The fraction of sp³-hybridized carbons (Fsp3) is 0.769. The van der Waals surface area contributed by atoms with Gasteiger partial charge in [-0.2, -0.15) is 0 Å². The molecule has 1 heterocycles. The lowest BCUT2D eigenvalue weighted by molar-refractivity contribution is 0.0607.